The molecule has 0 saturated carbocycles. The maximum absolute atomic E-state index is 5.99. The summed E-state index contributed by atoms with van der Waals surface area (Å²) in [5.41, 5.74) is 2.98. The highest BCUT2D eigenvalue weighted by Crippen LogP contribution is 2.24. The lowest BCUT2D eigenvalue weighted by molar-refractivity contribution is 1.31. The molecule has 0 aliphatic rings. The summed E-state index contributed by atoms with van der Waals surface area (Å²) < 4.78 is 1.06. The molecule has 94 valence electrons. The van der Waals surface area contributed by atoms with Gasteiger partial charge in [-0.25, -0.2) is 4.98 Å². The van der Waals surface area contributed by atoms with Gasteiger partial charge >= 0.3 is 0 Å². The van der Waals surface area contributed by atoms with Gasteiger partial charge in [0.25, 0.3) is 0 Å². The molecule has 0 aliphatic heterocycles. The van der Waals surface area contributed by atoms with Crippen LogP contribution in [-0.2, 0) is 0 Å². The molecule has 0 bridgehead atoms. The predicted octanol–water partition coefficient (Wildman–Crippen LogP) is 5.16. The van der Waals surface area contributed by atoms with Crippen molar-refractivity contribution in [1.82, 2.24) is 9.97 Å². The van der Waals surface area contributed by atoms with Crippen molar-refractivity contribution in [3.05, 3.63) is 64.2 Å². The molecule has 0 atom stereocenters. The largest absolute Gasteiger partial charge is 0.344 e. The molecule has 4 heteroatoms. The molecule has 19 heavy (non-hydrogen) atoms. The third-order valence-electron chi connectivity index (χ3n) is 2.82. The Bertz CT molecular complexity index is 704. The van der Waals surface area contributed by atoms with E-state index in [1.54, 1.807) is 0 Å². The van der Waals surface area contributed by atoms with Gasteiger partial charge < -0.3 is 4.98 Å². The average molecular weight is 334 g/mol. The van der Waals surface area contributed by atoms with E-state index in [-0.39, 0.29) is 0 Å². The first-order valence-corrected chi connectivity index (χ1v) is 6.97. The zero-order valence-corrected chi connectivity index (χ0v) is 12.2. The molecule has 0 saturated heterocycles. The molecule has 3 rings (SSSR count). The summed E-state index contributed by atoms with van der Waals surface area (Å²) in [7, 11) is 0. The molecule has 0 spiro atoms. The van der Waals surface area contributed by atoms with E-state index in [2.05, 4.69) is 25.9 Å². The zero-order chi connectivity index (χ0) is 13.2. The first-order chi connectivity index (χ1) is 9.22. The number of hydrogen-bond donors (Lipinski definition) is 1. The van der Waals surface area contributed by atoms with E-state index in [0.717, 1.165) is 27.1 Å². The molecule has 1 N–H and O–H groups in total. The van der Waals surface area contributed by atoms with E-state index < -0.39 is 0 Å². The van der Waals surface area contributed by atoms with Crippen molar-refractivity contribution in [1.29, 1.82) is 0 Å². The fourth-order valence-corrected chi connectivity index (χ4v) is 2.33. The molecule has 0 aliphatic carbocycles. The lowest BCUT2D eigenvalue weighted by Gasteiger charge is -1.98. The highest BCUT2D eigenvalue weighted by atomic mass is 79.9. The van der Waals surface area contributed by atoms with Gasteiger partial charge in [-0.2, -0.15) is 0 Å². The second-order valence-corrected chi connectivity index (χ2v) is 5.50. The average Bonchev–Trinajstić information content (AvgIpc) is 2.89. The standard InChI is InChI=1S/C15H10BrClN2/c16-12-6-4-10(5-7-12)14-9-18-15(19-14)11-2-1-3-13(17)8-11/h1-9H,(H,18,19). The molecule has 2 aromatic carbocycles. The Morgan fingerprint density at radius 3 is 2.53 bits per heavy atom. The van der Waals surface area contributed by atoms with Crippen LogP contribution in [0.25, 0.3) is 22.6 Å². The fourth-order valence-electron chi connectivity index (χ4n) is 1.87. The number of aromatic amines is 1. The molecule has 2 nitrogen and oxygen atoms in total. The number of nitrogens with one attached hydrogen (secondary N) is 1. The van der Waals surface area contributed by atoms with Gasteiger partial charge in [0, 0.05) is 26.8 Å². The topological polar surface area (TPSA) is 28.7 Å². The van der Waals surface area contributed by atoms with Crippen molar-refractivity contribution in [3.8, 4) is 22.6 Å². The van der Waals surface area contributed by atoms with Gasteiger partial charge in [0.15, 0.2) is 0 Å². The van der Waals surface area contributed by atoms with Gasteiger partial charge in [-0.15, -0.1) is 0 Å². The summed E-state index contributed by atoms with van der Waals surface area (Å²) in [5.74, 6) is 0.820. The number of H-pyrrole nitrogens is 1. The minimum absolute atomic E-state index is 0.707. The summed E-state index contributed by atoms with van der Waals surface area (Å²) in [6.45, 7) is 0. The van der Waals surface area contributed by atoms with Crippen LogP contribution in [0, 0.1) is 0 Å². The van der Waals surface area contributed by atoms with Crippen LogP contribution < -0.4 is 0 Å². The van der Waals surface area contributed by atoms with Crippen molar-refractivity contribution >= 4 is 27.5 Å². The van der Waals surface area contributed by atoms with E-state index in [1.165, 1.54) is 0 Å². The Balaban J connectivity index is 1.97. The van der Waals surface area contributed by atoms with Crippen LogP contribution >= 0.6 is 27.5 Å². The Kier molecular flexibility index (Phi) is 3.40. The number of imidazole rings is 1. The molecule has 0 radical (unpaired) electrons. The number of halogens is 2. The Hall–Kier alpha value is -1.58. The van der Waals surface area contributed by atoms with Gasteiger partial charge in [-0.1, -0.05) is 51.8 Å². The van der Waals surface area contributed by atoms with Gasteiger partial charge in [0.05, 0.1) is 5.69 Å². The molecule has 0 amide bonds. The summed E-state index contributed by atoms with van der Waals surface area (Å²) in [4.78, 5) is 7.77. The third kappa shape index (κ3) is 2.72. The molecule has 0 fully saturated rings. The normalized spacial score (nSPS) is 10.6. The first-order valence-electron chi connectivity index (χ1n) is 5.80. The van der Waals surface area contributed by atoms with E-state index in [0.29, 0.717) is 5.02 Å². The van der Waals surface area contributed by atoms with E-state index in [9.17, 15) is 0 Å². The SMILES string of the molecule is Clc1cccc(-c2nc(-c3ccc(Br)cc3)c[nH]2)c1. The first kappa shape index (κ1) is 12.5. The number of aromatic nitrogens is 2. The Morgan fingerprint density at radius 1 is 1.00 bits per heavy atom. The van der Waals surface area contributed by atoms with Crippen LogP contribution in [0.5, 0.6) is 0 Å². The molecule has 3 aromatic rings. The second kappa shape index (κ2) is 5.19. The van der Waals surface area contributed by atoms with Crippen LogP contribution in [0.3, 0.4) is 0 Å². The van der Waals surface area contributed by atoms with Crippen LogP contribution in [0.4, 0.5) is 0 Å². The van der Waals surface area contributed by atoms with Gasteiger partial charge in [-0.3, -0.25) is 0 Å². The van der Waals surface area contributed by atoms with E-state index in [4.69, 9.17) is 11.6 Å². The predicted molar refractivity (Wildman–Crippen MR) is 82.2 cm³/mol. The van der Waals surface area contributed by atoms with Crippen LogP contribution in [-0.4, -0.2) is 9.97 Å². The molecule has 1 heterocycles. The number of rotatable bonds is 2. The van der Waals surface area contributed by atoms with Gasteiger partial charge in [-0.05, 0) is 24.3 Å². The maximum atomic E-state index is 5.99. The molecular formula is C15H10BrClN2. The van der Waals surface area contributed by atoms with Gasteiger partial charge in [0.2, 0.25) is 0 Å². The van der Waals surface area contributed by atoms with E-state index >= 15 is 0 Å². The fraction of sp³-hybridized carbons (Fsp3) is 0. The van der Waals surface area contributed by atoms with Crippen LogP contribution in [0.15, 0.2) is 59.2 Å². The summed E-state index contributed by atoms with van der Waals surface area (Å²) in [6, 6.07) is 15.7. The Morgan fingerprint density at radius 2 is 1.79 bits per heavy atom. The second-order valence-electron chi connectivity index (χ2n) is 4.15. The summed E-state index contributed by atoms with van der Waals surface area (Å²) >= 11 is 9.41. The smallest absolute Gasteiger partial charge is 0.138 e. The minimum Gasteiger partial charge on any atom is -0.344 e. The van der Waals surface area contributed by atoms with Crippen molar-refractivity contribution in [2.75, 3.05) is 0 Å². The van der Waals surface area contributed by atoms with Gasteiger partial charge in [0.1, 0.15) is 5.82 Å². The highest BCUT2D eigenvalue weighted by molar-refractivity contribution is 9.10. The van der Waals surface area contributed by atoms with E-state index in [1.807, 2.05) is 54.7 Å². The van der Waals surface area contributed by atoms with Crippen molar-refractivity contribution in [2.45, 2.75) is 0 Å². The van der Waals surface area contributed by atoms with Crippen molar-refractivity contribution in [3.63, 3.8) is 0 Å². The highest BCUT2D eigenvalue weighted by Gasteiger charge is 2.06. The molecule has 0 unspecified atom stereocenters. The van der Waals surface area contributed by atoms with Crippen LogP contribution in [0.2, 0.25) is 5.02 Å². The molecule has 1 aromatic heterocycles. The zero-order valence-electron chi connectivity index (χ0n) is 9.90. The third-order valence-corrected chi connectivity index (χ3v) is 3.58. The summed E-state index contributed by atoms with van der Waals surface area (Å²) in [6.07, 6.45) is 1.90. The summed E-state index contributed by atoms with van der Waals surface area (Å²) in [5, 5.41) is 0.707. The van der Waals surface area contributed by atoms with Crippen molar-refractivity contribution < 1.29 is 0 Å². The van der Waals surface area contributed by atoms with Crippen LogP contribution in [0.1, 0.15) is 0 Å². The number of benzene rings is 2. The Labute approximate surface area is 124 Å². The number of hydrogen-bond acceptors (Lipinski definition) is 1. The lowest BCUT2D eigenvalue weighted by atomic mass is 10.2. The quantitative estimate of drug-likeness (QED) is 0.689. The maximum Gasteiger partial charge on any atom is 0.138 e. The number of nitrogens with zero attached hydrogens (tertiary/aromatic N) is 1. The lowest BCUT2D eigenvalue weighted by Crippen LogP contribution is -1.81. The minimum atomic E-state index is 0.707. The monoisotopic (exact) mass is 332 g/mol. The van der Waals surface area contributed by atoms with Crippen molar-refractivity contribution in [2.24, 2.45) is 0 Å². The molecular weight excluding hydrogens is 324 g/mol.